The number of hydrogen-bond acceptors (Lipinski definition) is 6. The van der Waals surface area contributed by atoms with Crippen LogP contribution in [0.25, 0.3) is 0 Å². The van der Waals surface area contributed by atoms with Crippen molar-refractivity contribution >= 4 is 17.8 Å². The number of imide groups is 1. The molecule has 106 valence electrons. The molecule has 19 heavy (non-hydrogen) atoms. The highest BCUT2D eigenvalue weighted by atomic mass is 16.5. The van der Waals surface area contributed by atoms with Crippen molar-refractivity contribution in [3.8, 4) is 0 Å². The standard InChI is InChI=1S/C12H19N3O4/c1-19-11(17)2-3-14-4-6-15(7-5-14)9-8-10(16)13-12(9)18/h9H,2-8H2,1H3,(H,13,16,18). The first-order chi connectivity index (χ1) is 9.10. The fourth-order valence-corrected chi connectivity index (χ4v) is 2.49. The van der Waals surface area contributed by atoms with E-state index in [2.05, 4.69) is 15.0 Å². The molecule has 7 heteroatoms. The summed E-state index contributed by atoms with van der Waals surface area (Å²) in [5.74, 6) is -0.584. The number of carbonyl (C=O) groups is 3. The fourth-order valence-electron chi connectivity index (χ4n) is 2.49. The van der Waals surface area contributed by atoms with E-state index in [9.17, 15) is 14.4 Å². The lowest BCUT2D eigenvalue weighted by atomic mass is 10.1. The molecule has 0 aliphatic carbocycles. The minimum atomic E-state index is -0.310. The average Bonchev–Trinajstić information content (AvgIpc) is 2.75. The van der Waals surface area contributed by atoms with Crippen LogP contribution in [-0.2, 0) is 19.1 Å². The molecule has 0 aromatic carbocycles. The van der Waals surface area contributed by atoms with Gasteiger partial charge in [0.2, 0.25) is 11.8 Å². The zero-order valence-corrected chi connectivity index (χ0v) is 11.1. The Kier molecular flexibility index (Phi) is 4.49. The van der Waals surface area contributed by atoms with Gasteiger partial charge in [-0.05, 0) is 0 Å². The summed E-state index contributed by atoms with van der Waals surface area (Å²) in [4.78, 5) is 38.0. The topological polar surface area (TPSA) is 79.0 Å². The van der Waals surface area contributed by atoms with E-state index in [4.69, 9.17) is 0 Å². The number of ether oxygens (including phenoxy) is 1. The van der Waals surface area contributed by atoms with Crippen molar-refractivity contribution in [2.24, 2.45) is 0 Å². The zero-order chi connectivity index (χ0) is 13.8. The lowest BCUT2D eigenvalue weighted by Crippen LogP contribution is -2.52. The van der Waals surface area contributed by atoms with Gasteiger partial charge in [0.1, 0.15) is 0 Å². The summed E-state index contributed by atoms with van der Waals surface area (Å²) < 4.78 is 4.60. The maximum absolute atomic E-state index is 11.6. The molecule has 2 aliphatic heterocycles. The van der Waals surface area contributed by atoms with Gasteiger partial charge in [0.05, 0.1) is 26.0 Å². The molecular weight excluding hydrogens is 250 g/mol. The maximum atomic E-state index is 11.6. The first-order valence-corrected chi connectivity index (χ1v) is 6.47. The van der Waals surface area contributed by atoms with Crippen LogP contribution in [-0.4, -0.2) is 73.5 Å². The van der Waals surface area contributed by atoms with Crippen molar-refractivity contribution in [3.63, 3.8) is 0 Å². The Morgan fingerprint density at radius 3 is 2.53 bits per heavy atom. The summed E-state index contributed by atoms with van der Waals surface area (Å²) >= 11 is 0. The van der Waals surface area contributed by atoms with Crippen molar-refractivity contribution < 1.29 is 19.1 Å². The van der Waals surface area contributed by atoms with E-state index in [1.54, 1.807) is 0 Å². The largest absolute Gasteiger partial charge is 0.469 e. The number of esters is 1. The second-order valence-electron chi connectivity index (χ2n) is 4.84. The van der Waals surface area contributed by atoms with Crippen molar-refractivity contribution in [1.29, 1.82) is 0 Å². The van der Waals surface area contributed by atoms with Crippen LogP contribution in [0.15, 0.2) is 0 Å². The summed E-state index contributed by atoms with van der Waals surface area (Å²) in [6.07, 6.45) is 0.653. The van der Waals surface area contributed by atoms with E-state index in [-0.39, 0.29) is 30.2 Å². The minimum absolute atomic E-state index is 0.187. The van der Waals surface area contributed by atoms with Crippen LogP contribution in [0.3, 0.4) is 0 Å². The van der Waals surface area contributed by atoms with E-state index in [0.29, 0.717) is 13.0 Å². The normalized spacial score (nSPS) is 25.4. The summed E-state index contributed by atoms with van der Waals surface area (Å²) in [5, 5.41) is 2.33. The van der Waals surface area contributed by atoms with Crippen LogP contribution >= 0.6 is 0 Å². The van der Waals surface area contributed by atoms with Gasteiger partial charge in [0.15, 0.2) is 0 Å². The Balaban J connectivity index is 1.75. The number of hydrogen-bond donors (Lipinski definition) is 1. The van der Waals surface area contributed by atoms with Gasteiger partial charge in [0, 0.05) is 32.7 Å². The summed E-state index contributed by atoms with van der Waals surface area (Å²) in [5.41, 5.74) is 0. The molecular formula is C12H19N3O4. The molecule has 2 aliphatic rings. The van der Waals surface area contributed by atoms with Gasteiger partial charge in [-0.25, -0.2) is 0 Å². The van der Waals surface area contributed by atoms with E-state index in [1.165, 1.54) is 7.11 Å². The van der Waals surface area contributed by atoms with E-state index in [0.717, 1.165) is 26.2 Å². The van der Waals surface area contributed by atoms with E-state index < -0.39 is 0 Å². The summed E-state index contributed by atoms with van der Waals surface area (Å²) in [7, 11) is 1.38. The third kappa shape index (κ3) is 3.51. The molecule has 1 unspecified atom stereocenters. The number of rotatable bonds is 4. The van der Waals surface area contributed by atoms with Crippen LogP contribution in [0, 0.1) is 0 Å². The first-order valence-electron chi connectivity index (χ1n) is 6.47. The molecule has 2 saturated heterocycles. The zero-order valence-electron chi connectivity index (χ0n) is 11.1. The van der Waals surface area contributed by atoms with Crippen molar-refractivity contribution in [3.05, 3.63) is 0 Å². The number of piperazine rings is 1. The molecule has 0 radical (unpaired) electrons. The fraction of sp³-hybridized carbons (Fsp3) is 0.750. The predicted octanol–water partition coefficient (Wildman–Crippen LogP) is -1.42. The quantitative estimate of drug-likeness (QED) is 0.498. The Hall–Kier alpha value is -1.47. The van der Waals surface area contributed by atoms with Crippen molar-refractivity contribution in [2.45, 2.75) is 18.9 Å². The Morgan fingerprint density at radius 1 is 1.32 bits per heavy atom. The number of nitrogens with one attached hydrogen (secondary N) is 1. The highest BCUT2D eigenvalue weighted by Gasteiger charge is 2.36. The summed E-state index contributed by atoms with van der Waals surface area (Å²) in [6.45, 7) is 3.76. The number of carbonyl (C=O) groups excluding carboxylic acids is 3. The van der Waals surface area contributed by atoms with Gasteiger partial charge in [-0.3, -0.25) is 24.6 Å². The molecule has 2 amide bonds. The highest BCUT2D eigenvalue weighted by molar-refractivity contribution is 6.05. The molecule has 0 bridgehead atoms. The molecule has 0 spiro atoms. The second-order valence-corrected chi connectivity index (χ2v) is 4.84. The molecule has 2 fully saturated rings. The monoisotopic (exact) mass is 269 g/mol. The minimum Gasteiger partial charge on any atom is -0.469 e. The van der Waals surface area contributed by atoms with E-state index in [1.807, 2.05) is 4.90 Å². The number of amides is 2. The van der Waals surface area contributed by atoms with Crippen LogP contribution in [0.1, 0.15) is 12.8 Å². The molecule has 1 N–H and O–H groups in total. The molecule has 0 aromatic heterocycles. The van der Waals surface area contributed by atoms with Gasteiger partial charge in [-0.15, -0.1) is 0 Å². The molecule has 0 aromatic rings. The lowest BCUT2D eigenvalue weighted by Gasteiger charge is -2.36. The van der Waals surface area contributed by atoms with Gasteiger partial charge in [-0.1, -0.05) is 0 Å². The Morgan fingerprint density at radius 2 is 2.00 bits per heavy atom. The molecule has 1 atom stereocenters. The van der Waals surface area contributed by atoms with E-state index >= 15 is 0 Å². The van der Waals surface area contributed by atoms with Crippen LogP contribution in [0.4, 0.5) is 0 Å². The highest BCUT2D eigenvalue weighted by Crippen LogP contribution is 2.13. The van der Waals surface area contributed by atoms with Crippen molar-refractivity contribution in [2.75, 3.05) is 39.8 Å². The average molecular weight is 269 g/mol. The Labute approximate surface area is 111 Å². The lowest BCUT2D eigenvalue weighted by molar-refractivity contribution is -0.141. The maximum Gasteiger partial charge on any atom is 0.306 e. The molecule has 2 rings (SSSR count). The smallest absolute Gasteiger partial charge is 0.306 e. The molecule has 7 nitrogen and oxygen atoms in total. The second kappa shape index (κ2) is 6.12. The Bertz CT molecular complexity index is 377. The first kappa shape index (κ1) is 14.0. The van der Waals surface area contributed by atoms with Gasteiger partial charge >= 0.3 is 5.97 Å². The van der Waals surface area contributed by atoms with Crippen LogP contribution in [0.5, 0.6) is 0 Å². The third-order valence-electron chi connectivity index (χ3n) is 3.65. The van der Waals surface area contributed by atoms with Gasteiger partial charge < -0.3 is 9.64 Å². The number of methoxy groups -OCH3 is 1. The predicted molar refractivity (Wildman–Crippen MR) is 66.2 cm³/mol. The van der Waals surface area contributed by atoms with Crippen LogP contribution < -0.4 is 5.32 Å². The number of nitrogens with zero attached hydrogens (tertiary/aromatic N) is 2. The SMILES string of the molecule is COC(=O)CCN1CCN(C2CC(=O)NC2=O)CC1. The van der Waals surface area contributed by atoms with Crippen molar-refractivity contribution in [1.82, 2.24) is 15.1 Å². The van der Waals surface area contributed by atoms with Crippen LogP contribution in [0.2, 0.25) is 0 Å². The molecule has 0 saturated carbocycles. The van der Waals surface area contributed by atoms with Gasteiger partial charge in [0.25, 0.3) is 0 Å². The van der Waals surface area contributed by atoms with Gasteiger partial charge in [-0.2, -0.15) is 0 Å². The third-order valence-corrected chi connectivity index (χ3v) is 3.65. The summed E-state index contributed by atoms with van der Waals surface area (Å²) in [6, 6.07) is -0.310. The molecule has 2 heterocycles.